The molecule has 0 bridgehead atoms. The summed E-state index contributed by atoms with van der Waals surface area (Å²) in [6.45, 7) is 0.661. The van der Waals surface area contributed by atoms with Crippen molar-refractivity contribution in [2.24, 2.45) is 0 Å². The number of aromatic nitrogens is 1. The highest BCUT2D eigenvalue weighted by molar-refractivity contribution is 14.1. The third-order valence-corrected chi connectivity index (χ3v) is 3.57. The number of rotatable bonds is 4. The molecule has 1 heterocycles. The van der Waals surface area contributed by atoms with Crippen molar-refractivity contribution >= 4 is 39.9 Å². The summed E-state index contributed by atoms with van der Waals surface area (Å²) in [5.41, 5.74) is 2.07. The summed E-state index contributed by atoms with van der Waals surface area (Å²) in [4.78, 5) is 4.16. The Labute approximate surface area is 125 Å². The maximum absolute atomic E-state index is 5.92. The van der Waals surface area contributed by atoms with Gasteiger partial charge in [0.05, 0.1) is 7.11 Å². The van der Waals surface area contributed by atoms with Crippen LogP contribution < -0.4 is 10.1 Å². The van der Waals surface area contributed by atoms with E-state index in [0.29, 0.717) is 12.4 Å². The van der Waals surface area contributed by atoms with Crippen LogP contribution in [0, 0.1) is 3.57 Å². The zero-order valence-electron chi connectivity index (χ0n) is 9.78. The van der Waals surface area contributed by atoms with E-state index in [-0.39, 0.29) is 0 Å². The van der Waals surface area contributed by atoms with Crippen molar-refractivity contribution in [2.75, 3.05) is 12.4 Å². The van der Waals surface area contributed by atoms with Gasteiger partial charge in [-0.2, -0.15) is 0 Å². The van der Waals surface area contributed by atoms with Crippen molar-refractivity contribution in [3.63, 3.8) is 0 Å². The molecule has 2 rings (SSSR count). The second kappa shape index (κ2) is 6.24. The maximum Gasteiger partial charge on any atom is 0.218 e. The predicted octanol–water partition coefficient (Wildman–Crippen LogP) is 3.96. The Morgan fingerprint density at radius 2 is 2.22 bits per heavy atom. The van der Waals surface area contributed by atoms with Gasteiger partial charge in [0.1, 0.15) is 0 Å². The number of nitrogens with zero attached hydrogens (tertiary/aromatic N) is 1. The molecule has 94 valence electrons. The molecule has 5 heteroatoms. The van der Waals surface area contributed by atoms with Crippen LogP contribution in [0.5, 0.6) is 5.88 Å². The van der Waals surface area contributed by atoms with Gasteiger partial charge >= 0.3 is 0 Å². The molecular weight excluding hydrogens is 363 g/mol. The van der Waals surface area contributed by atoms with Gasteiger partial charge < -0.3 is 10.1 Å². The number of halogens is 2. The molecule has 1 aromatic heterocycles. The second-order valence-electron chi connectivity index (χ2n) is 3.65. The lowest BCUT2D eigenvalue weighted by Gasteiger charge is -2.11. The van der Waals surface area contributed by atoms with Gasteiger partial charge in [-0.05, 0) is 46.9 Å². The molecule has 0 saturated heterocycles. The van der Waals surface area contributed by atoms with Crippen LogP contribution in [-0.4, -0.2) is 12.1 Å². The first-order valence-electron chi connectivity index (χ1n) is 5.37. The highest BCUT2D eigenvalue weighted by Crippen LogP contribution is 2.23. The van der Waals surface area contributed by atoms with Crippen molar-refractivity contribution < 1.29 is 4.74 Å². The van der Waals surface area contributed by atoms with Crippen molar-refractivity contribution in [2.45, 2.75) is 6.54 Å². The Morgan fingerprint density at radius 1 is 1.39 bits per heavy atom. The molecule has 0 amide bonds. The van der Waals surface area contributed by atoms with E-state index in [0.717, 1.165) is 19.8 Å². The fourth-order valence-corrected chi connectivity index (χ4v) is 2.63. The van der Waals surface area contributed by atoms with Gasteiger partial charge in [-0.1, -0.05) is 17.7 Å². The minimum Gasteiger partial charge on any atom is -0.481 e. The van der Waals surface area contributed by atoms with Gasteiger partial charge in [0.2, 0.25) is 5.88 Å². The van der Waals surface area contributed by atoms with Crippen LogP contribution in [0.25, 0.3) is 0 Å². The largest absolute Gasteiger partial charge is 0.481 e. The van der Waals surface area contributed by atoms with E-state index >= 15 is 0 Å². The minimum atomic E-state index is 0.647. The van der Waals surface area contributed by atoms with Crippen molar-refractivity contribution in [3.05, 3.63) is 50.7 Å². The van der Waals surface area contributed by atoms with Crippen LogP contribution in [0.2, 0.25) is 5.02 Å². The molecular formula is C13H12ClIN2O. The Bertz CT molecular complexity index is 548. The average Bonchev–Trinajstić information content (AvgIpc) is 2.38. The highest BCUT2D eigenvalue weighted by atomic mass is 127. The first kappa shape index (κ1) is 13.4. The summed E-state index contributed by atoms with van der Waals surface area (Å²) in [5.74, 6) is 0.647. The van der Waals surface area contributed by atoms with Gasteiger partial charge in [0.15, 0.2) is 0 Å². The summed E-state index contributed by atoms with van der Waals surface area (Å²) in [6, 6.07) is 9.64. The second-order valence-corrected chi connectivity index (χ2v) is 5.25. The summed E-state index contributed by atoms with van der Waals surface area (Å²) < 4.78 is 6.30. The maximum atomic E-state index is 5.92. The first-order chi connectivity index (χ1) is 8.70. The molecule has 0 aliphatic rings. The van der Waals surface area contributed by atoms with Crippen LogP contribution in [0.3, 0.4) is 0 Å². The molecule has 0 aliphatic heterocycles. The lowest BCUT2D eigenvalue weighted by atomic mass is 10.2. The van der Waals surface area contributed by atoms with Gasteiger partial charge in [-0.15, -0.1) is 0 Å². The van der Waals surface area contributed by atoms with E-state index in [1.165, 1.54) is 0 Å². The van der Waals surface area contributed by atoms with Crippen LogP contribution in [0.4, 0.5) is 5.69 Å². The van der Waals surface area contributed by atoms with Gasteiger partial charge in [0.25, 0.3) is 0 Å². The van der Waals surface area contributed by atoms with E-state index < -0.39 is 0 Å². The standard InChI is InChI=1S/C13H12ClIN2O/c1-18-13-9(3-2-6-16-13)8-17-12-5-4-10(14)7-11(12)15/h2-7,17H,8H2,1H3. The molecule has 1 aromatic carbocycles. The quantitative estimate of drug-likeness (QED) is 0.823. The van der Waals surface area contributed by atoms with Crippen LogP contribution >= 0.6 is 34.2 Å². The lowest BCUT2D eigenvalue weighted by Crippen LogP contribution is -2.03. The minimum absolute atomic E-state index is 0.647. The molecule has 0 saturated carbocycles. The molecule has 0 aliphatic carbocycles. The van der Waals surface area contributed by atoms with Gasteiger partial charge in [-0.3, -0.25) is 0 Å². The summed E-state index contributed by atoms with van der Waals surface area (Å²) in [5, 5.41) is 4.08. The van der Waals surface area contributed by atoms with Crippen molar-refractivity contribution in [1.29, 1.82) is 0 Å². The smallest absolute Gasteiger partial charge is 0.218 e. The zero-order valence-corrected chi connectivity index (χ0v) is 12.7. The fourth-order valence-electron chi connectivity index (χ4n) is 1.57. The van der Waals surface area contributed by atoms with E-state index in [1.807, 2.05) is 30.3 Å². The highest BCUT2D eigenvalue weighted by Gasteiger charge is 2.04. The first-order valence-corrected chi connectivity index (χ1v) is 6.83. The number of hydrogen-bond donors (Lipinski definition) is 1. The number of hydrogen-bond acceptors (Lipinski definition) is 3. The van der Waals surface area contributed by atoms with Crippen molar-refractivity contribution in [3.8, 4) is 5.88 Å². The normalized spacial score (nSPS) is 10.2. The van der Waals surface area contributed by atoms with E-state index in [1.54, 1.807) is 13.3 Å². The number of pyridine rings is 1. The number of nitrogens with one attached hydrogen (secondary N) is 1. The monoisotopic (exact) mass is 374 g/mol. The van der Waals surface area contributed by atoms with E-state index in [4.69, 9.17) is 16.3 Å². The number of methoxy groups -OCH3 is 1. The molecule has 2 aromatic rings. The Balaban J connectivity index is 2.11. The summed E-state index contributed by atoms with van der Waals surface area (Å²) in [7, 11) is 1.62. The predicted molar refractivity (Wildman–Crippen MR) is 82.3 cm³/mol. The van der Waals surface area contributed by atoms with E-state index in [2.05, 4.69) is 32.9 Å². The zero-order chi connectivity index (χ0) is 13.0. The number of ether oxygens (including phenoxy) is 1. The SMILES string of the molecule is COc1ncccc1CNc1ccc(Cl)cc1I. The lowest BCUT2D eigenvalue weighted by molar-refractivity contribution is 0.393. The molecule has 0 atom stereocenters. The molecule has 0 unspecified atom stereocenters. The van der Waals surface area contributed by atoms with Crippen LogP contribution in [0.1, 0.15) is 5.56 Å². The number of anilines is 1. The topological polar surface area (TPSA) is 34.1 Å². The number of benzene rings is 1. The van der Waals surface area contributed by atoms with Gasteiger partial charge in [-0.25, -0.2) is 4.98 Å². The summed E-state index contributed by atoms with van der Waals surface area (Å²) >= 11 is 8.17. The molecule has 18 heavy (non-hydrogen) atoms. The third kappa shape index (κ3) is 3.26. The third-order valence-electron chi connectivity index (χ3n) is 2.44. The summed E-state index contributed by atoms with van der Waals surface area (Å²) in [6.07, 6.45) is 1.72. The fraction of sp³-hybridized carbons (Fsp3) is 0.154. The molecule has 0 radical (unpaired) electrons. The van der Waals surface area contributed by atoms with E-state index in [9.17, 15) is 0 Å². The van der Waals surface area contributed by atoms with Crippen LogP contribution in [0.15, 0.2) is 36.5 Å². The Kier molecular flexibility index (Phi) is 4.66. The molecule has 1 N–H and O–H groups in total. The Morgan fingerprint density at radius 3 is 2.94 bits per heavy atom. The van der Waals surface area contributed by atoms with Gasteiger partial charge in [0, 0.05) is 32.6 Å². The van der Waals surface area contributed by atoms with Crippen molar-refractivity contribution in [1.82, 2.24) is 4.98 Å². The Hall–Kier alpha value is -1.01. The molecule has 0 fully saturated rings. The molecule has 0 spiro atoms. The van der Waals surface area contributed by atoms with Crippen LogP contribution in [-0.2, 0) is 6.54 Å². The average molecular weight is 375 g/mol. The molecule has 3 nitrogen and oxygen atoms in total.